The van der Waals surface area contributed by atoms with Gasteiger partial charge in [-0.2, -0.15) is 0 Å². The van der Waals surface area contributed by atoms with Gasteiger partial charge in [-0.15, -0.1) is 0 Å². The van der Waals surface area contributed by atoms with Crippen LogP contribution in [0.2, 0.25) is 0 Å². The van der Waals surface area contributed by atoms with E-state index < -0.39 is 11.0 Å². The average molecular weight is 336 g/mol. The number of nitro benzene ring substituents is 1. The number of carbonyl (C=O) groups is 1. The second kappa shape index (κ2) is 8.10. The molecule has 0 aromatic heterocycles. The Morgan fingerprint density at radius 1 is 1.46 bits per heavy atom. The van der Waals surface area contributed by atoms with Crippen molar-refractivity contribution in [3.63, 3.8) is 0 Å². The lowest BCUT2D eigenvalue weighted by atomic mass is 10.1. The zero-order valence-corrected chi connectivity index (χ0v) is 14.0. The van der Waals surface area contributed by atoms with Crippen molar-refractivity contribution in [2.75, 3.05) is 6.54 Å². The summed E-state index contributed by atoms with van der Waals surface area (Å²) in [6.07, 6.45) is 1.84. The number of aliphatic hydroxyl groups is 1. The number of para-hydroxylation sites is 1. The van der Waals surface area contributed by atoms with Gasteiger partial charge in [-0.05, 0) is 51.2 Å². The van der Waals surface area contributed by atoms with E-state index in [4.69, 9.17) is 4.74 Å². The highest BCUT2D eigenvalue weighted by atomic mass is 16.6. The van der Waals surface area contributed by atoms with Crippen LogP contribution in [0.25, 0.3) is 0 Å². The number of hydrogen-bond donors (Lipinski definition) is 2. The Bertz CT molecular complexity index is 599. The van der Waals surface area contributed by atoms with Crippen LogP contribution in [0, 0.1) is 16.0 Å². The Kier molecular flexibility index (Phi) is 6.14. The third-order valence-corrected chi connectivity index (χ3v) is 4.05. The molecule has 0 aliphatic heterocycles. The van der Waals surface area contributed by atoms with Crippen molar-refractivity contribution in [1.29, 1.82) is 0 Å². The fourth-order valence-corrected chi connectivity index (χ4v) is 2.45. The lowest BCUT2D eigenvalue weighted by molar-refractivity contribution is -0.387. The fraction of sp³-hybridized carbons (Fsp3) is 0.588. The number of carbonyl (C=O) groups excluding carboxylic acids is 1. The first-order chi connectivity index (χ1) is 11.4. The summed E-state index contributed by atoms with van der Waals surface area (Å²) in [5.41, 5.74) is -0.00980. The maximum absolute atomic E-state index is 11.7. The molecule has 2 rings (SSSR count). The van der Waals surface area contributed by atoms with E-state index in [1.807, 2.05) is 0 Å². The van der Waals surface area contributed by atoms with Crippen LogP contribution in [0.3, 0.4) is 0 Å². The molecule has 0 heterocycles. The highest BCUT2D eigenvalue weighted by Gasteiger charge is 2.25. The molecule has 7 nitrogen and oxygen atoms in total. The predicted octanol–water partition coefficient (Wildman–Crippen LogP) is 2.72. The van der Waals surface area contributed by atoms with Crippen LogP contribution < -0.4 is 10.1 Å². The first kappa shape index (κ1) is 18.2. The maximum atomic E-state index is 11.7. The standard InChI is InChI=1S/C17H24N2O5/c1-11(6-9-16(21)18-10-13-7-8-13)24-15-5-3-4-14(12(2)20)17(15)19(22)23/h3-5,11-13,20H,6-10H2,1-2H3,(H,18,21). The van der Waals surface area contributed by atoms with Gasteiger partial charge in [0.1, 0.15) is 0 Å². The Labute approximate surface area is 141 Å². The molecule has 0 spiro atoms. The summed E-state index contributed by atoms with van der Waals surface area (Å²) >= 11 is 0. The third kappa shape index (κ3) is 5.19. The van der Waals surface area contributed by atoms with Crippen LogP contribution in [0.4, 0.5) is 5.69 Å². The van der Waals surface area contributed by atoms with Crippen LogP contribution >= 0.6 is 0 Å². The van der Waals surface area contributed by atoms with E-state index in [2.05, 4.69) is 5.32 Å². The van der Waals surface area contributed by atoms with Gasteiger partial charge in [0.05, 0.1) is 22.7 Å². The zero-order valence-electron chi connectivity index (χ0n) is 14.0. The first-order valence-electron chi connectivity index (χ1n) is 8.27. The second-order valence-electron chi connectivity index (χ2n) is 6.34. The van der Waals surface area contributed by atoms with Crippen LogP contribution in [-0.4, -0.2) is 28.6 Å². The van der Waals surface area contributed by atoms with Crippen LogP contribution in [0.1, 0.15) is 51.2 Å². The van der Waals surface area contributed by atoms with E-state index in [-0.39, 0.29) is 29.0 Å². The second-order valence-corrected chi connectivity index (χ2v) is 6.34. The van der Waals surface area contributed by atoms with Crippen LogP contribution in [0.5, 0.6) is 5.75 Å². The predicted molar refractivity (Wildman–Crippen MR) is 88.8 cm³/mol. The highest BCUT2D eigenvalue weighted by molar-refractivity contribution is 5.75. The normalized spacial score (nSPS) is 16.3. The molecule has 0 saturated heterocycles. The van der Waals surface area contributed by atoms with Gasteiger partial charge in [-0.25, -0.2) is 0 Å². The summed E-state index contributed by atoms with van der Waals surface area (Å²) in [5.74, 6) is 0.724. The molecule has 7 heteroatoms. The zero-order chi connectivity index (χ0) is 17.7. The number of amides is 1. The van der Waals surface area contributed by atoms with Crippen molar-refractivity contribution < 1.29 is 19.6 Å². The molecule has 2 unspecified atom stereocenters. The van der Waals surface area contributed by atoms with E-state index in [0.29, 0.717) is 18.8 Å². The molecule has 1 aliphatic rings. The summed E-state index contributed by atoms with van der Waals surface area (Å²) in [6.45, 7) is 3.97. The summed E-state index contributed by atoms with van der Waals surface area (Å²) in [5, 5.41) is 23.9. The van der Waals surface area contributed by atoms with Gasteiger partial charge in [-0.1, -0.05) is 6.07 Å². The van der Waals surface area contributed by atoms with Gasteiger partial charge < -0.3 is 15.2 Å². The minimum Gasteiger partial charge on any atom is -0.484 e. The van der Waals surface area contributed by atoms with Gasteiger partial charge in [0.25, 0.3) is 0 Å². The van der Waals surface area contributed by atoms with Gasteiger partial charge in [0, 0.05) is 13.0 Å². The van der Waals surface area contributed by atoms with Crippen LogP contribution in [0.15, 0.2) is 18.2 Å². The molecular formula is C17H24N2O5. The lowest BCUT2D eigenvalue weighted by Gasteiger charge is -2.16. The van der Waals surface area contributed by atoms with E-state index in [0.717, 1.165) is 6.54 Å². The number of rotatable bonds is 9. The molecule has 1 aliphatic carbocycles. The summed E-state index contributed by atoms with van der Waals surface area (Å²) < 4.78 is 5.65. The summed E-state index contributed by atoms with van der Waals surface area (Å²) in [4.78, 5) is 22.5. The smallest absolute Gasteiger partial charge is 0.316 e. The number of nitrogens with one attached hydrogen (secondary N) is 1. The molecular weight excluding hydrogens is 312 g/mol. The van der Waals surface area contributed by atoms with Crippen LogP contribution in [-0.2, 0) is 4.79 Å². The molecule has 1 amide bonds. The fourth-order valence-electron chi connectivity index (χ4n) is 2.45. The number of nitrogens with zero attached hydrogens (tertiary/aromatic N) is 1. The Balaban J connectivity index is 1.92. The largest absolute Gasteiger partial charge is 0.484 e. The first-order valence-corrected chi connectivity index (χ1v) is 8.27. The monoisotopic (exact) mass is 336 g/mol. The van der Waals surface area contributed by atoms with E-state index in [1.165, 1.54) is 31.9 Å². The van der Waals surface area contributed by atoms with E-state index in [9.17, 15) is 20.0 Å². The number of nitro groups is 1. The number of hydrogen-bond acceptors (Lipinski definition) is 5. The minimum absolute atomic E-state index is 0.0235. The maximum Gasteiger partial charge on any atom is 0.316 e. The number of benzene rings is 1. The molecule has 2 N–H and O–H groups in total. The van der Waals surface area contributed by atoms with E-state index >= 15 is 0 Å². The SMILES string of the molecule is CC(CCC(=O)NCC1CC1)Oc1cccc(C(C)O)c1[N+](=O)[O-]. The van der Waals surface area contributed by atoms with Gasteiger partial charge in [0.15, 0.2) is 5.75 Å². The molecule has 0 radical (unpaired) electrons. The molecule has 24 heavy (non-hydrogen) atoms. The van der Waals surface area contributed by atoms with Gasteiger partial charge in [-0.3, -0.25) is 14.9 Å². The molecule has 1 aromatic carbocycles. The van der Waals surface area contributed by atoms with Crippen molar-refractivity contribution in [2.45, 2.75) is 51.7 Å². The molecule has 0 bridgehead atoms. The van der Waals surface area contributed by atoms with Crippen molar-refractivity contribution in [1.82, 2.24) is 5.32 Å². The molecule has 1 fully saturated rings. The minimum atomic E-state index is -0.961. The Hall–Kier alpha value is -2.15. The summed E-state index contributed by atoms with van der Waals surface area (Å²) in [6, 6.07) is 4.62. The molecule has 2 atom stereocenters. The third-order valence-electron chi connectivity index (χ3n) is 4.05. The lowest BCUT2D eigenvalue weighted by Crippen LogP contribution is -2.27. The molecule has 132 valence electrons. The van der Waals surface area contributed by atoms with Crippen molar-refractivity contribution in [2.24, 2.45) is 5.92 Å². The average Bonchev–Trinajstić information content (AvgIpc) is 3.34. The number of ether oxygens (including phenoxy) is 1. The Morgan fingerprint density at radius 3 is 2.75 bits per heavy atom. The quantitative estimate of drug-likeness (QED) is 0.533. The van der Waals surface area contributed by atoms with Crippen molar-refractivity contribution in [3.8, 4) is 5.75 Å². The molecule has 1 aromatic rings. The highest BCUT2D eigenvalue weighted by Crippen LogP contribution is 2.35. The Morgan fingerprint density at radius 2 is 2.17 bits per heavy atom. The topological polar surface area (TPSA) is 102 Å². The molecule has 1 saturated carbocycles. The van der Waals surface area contributed by atoms with E-state index in [1.54, 1.807) is 13.0 Å². The van der Waals surface area contributed by atoms with Crippen molar-refractivity contribution >= 4 is 11.6 Å². The van der Waals surface area contributed by atoms with Gasteiger partial charge in [0.2, 0.25) is 5.91 Å². The van der Waals surface area contributed by atoms with Crippen molar-refractivity contribution in [3.05, 3.63) is 33.9 Å². The number of aliphatic hydroxyl groups excluding tert-OH is 1. The summed E-state index contributed by atoms with van der Waals surface area (Å²) in [7, 11) is 0. The van der Waals surface area contributed by atoms with Gasteiger partial charge >= 0.3 is 5.69 Å².